The van der Waals surface area contributed by atoms with Crippen LogP contribution in [-0.4, -0.2) is 58.8 Å². The van der Waals surface area contributed by atoms with E-state index in [0.29, 0.717) is 18.6 Å². The number of aliphatic hydroxyl groups excluding tert-OH is 1. The number of hydrogen-bond acceptors (Lipinski definition) is 4. The van der Waals surface area contributed by atoms with Crippen molar-refractivity contribution in [2.45, 2.75) is 75.3 Å². The normalized spacial score (nSPS) is 35.7. The lowest BCUT2D eigenvalue weighted by molar-refractivity contribution is -0.169. The molecule has 1 saturated heterocycles. The smallest absolute Gasteiger partial charge is 0.137 e. The van der Waals surface area contributed by atoms with Crippen LogP contribution in [0.5, 0.6) is 0 Å². The highest BCUT2D eigenvalue weighted by Gasteiger charge is 2.68. The monoisotopic (exact) mass is 534 g/mol. The second-order valence-corrected chi connectivity index (χ2v) is 12.0. The van der Waals surface area contributed by atoms with E-state index >= 15 is 0 Å². The Morgan fingerprint density at radius 1 is 1.32 bits per heavy atom. The Hall–Kier alpha value is -0.0800. The Labute approximate surface area is 205 Å². The molecule has 7 atom stereocenters. The molecule has 2 aliphatic rings. The first-order valence-corrected chi connectivity index (χ1v) is 13.0. The molecule has 1 aliphatic carbocycles. The van der Waals surface area contributed by atoms with Gasteiger partial charge in [-0.3, -0.25) is 0 Å². The van der Waals surface area contributed by atoms with E-state index in [1.54, 1.807) is 7.11 Å². The van der Waals surface area contributed by atoms with Gasteiger partial charge in [0.1, 0.15) is 22.7 Å². The van der Waals surface area contributed by atoms with Gasteiger partial charge < -0.3 is 36.7 Å². The van der Waals surface area contributed by atoms with Gasteiger partial charge in [0.05, 0.1) is 30.5 Å². The third kappa shape index (κ3) is 6.28. The molecule has 1 aromatic carbocycles. The highest BCUT2D eigenvalue weighted by molar-refractivity contribution is 7.95. The number of benzene rings is 1. The van der Waals surface area contributed by atoms with Gasteiger partial charge in [0.15, 0.2) is 0 Å². The zero-order valence-electron chi connectivity index (χ0n) is 19.1. The predicted molar refractivity (Wildman–Crippen MR) is 125 cm³/mol. The molecule has 0 aromatic heterocycles. The maximum Gasteiger partial charge on any atom is 0.137 e. The molecule has 176 valence electrons. The molecule has 1 aliphatic heterocycles. The van der Waals surface area contributed by atoms with Gasteiger partial charge >= 0.3 is 0 Å². The first-order valence-electron chi connectivity index (χ1n) is 10.7. The highest BCUT2D eigenvalue weighted by atomic mass is 79.9. The predicted octanol–water partition coefficient (Wildman–Crippen LogP) is 1.12. The van der Waals surface area contributed by atoms with Gasteiger partial charge in [-0.05, 0) is 63.1 Å². The van der Waals surface area contributed by atoms with Crippen molar-refractivity contribution in [3.05, 3.63) is 46.5 Å². The summed E-state index contributed by atoms with van der Waals surface area (Å²) in [6.45, 7) is 6.24. The SMILES string of the molecule is CO[C@@H]1[C@H](O)CC[C@](O)(C[S+](C)Cc2ccc(Cl)cc2)[C@H]1[C@@]1(C)O[C@@H]1CC=C(C)C.[Br-]. The average molecular weight is 536 g/mol. The highest BCUT2D eigenvalue weighted by Crippen LogP contribution is 2.54. The molecule has 1 aromatic rings. The number of halogens is 2. The van der Waals surface area contributed by atoms with Crippen molar-refractivity contribution < 1.29 is 36.7 Å². The summed E-state index contributed by atoms with van der Waals surface area (Å²) in [4.78, 5) is 0. The van der Waals surface area contributed by atoms with E-state index in [4.69, 9.17) is 21.1 Å². The molecule has 2 N–H and O–H groups in total. The van der Waals surface area contributed by atoms with Crippen LogP contribution in [0.2, 0.25) is 5.02 Å². The van der Waals surface area contributed by atoms with Crippen molar-refractivity contribution in [2.75, 3.05) is 19.1 Å². The second kappa shape index (κ2) is 10.9. The number of hydrogen-bond donors (Lipinski definition) is 2. The van der Waals surface area contributed by atoms with Crippen LogP contribution in [0.4, 0.5) is 0 Å². The fraction of sp³-hybridized carbons (Fsp3) is 0.667. The molecule has 0 bridgehead atoms. The summed E-state index contributed by atoms with van der Waals surface area (Å²) in [5, 5.41) is 23.3. The molecule has 1 saturated carbocycles. The van der Waals surface area contributed by atoms with Gasteiger partial charge in [-0.1, -0.05) is 35.4 Å². The molecule has 0 radical (unpaired) electrons. The summed E-state index contributed by atoms with van der Waals surface area (Å²) in [7, 11) is 1.59. The Balaban J connectivity index is 0.00000341. The van der Waals surface area contributed by atoms with Gasteiger partial charge in [-0.25, -0.2) is 0 Å². The molecule has 1 heterocycles. The zero-order chi connectivity index (χ0) is 22.1. The minimum absolute atomic E-state index is 0. The number of ether oxygens (including phenoxy) is 2. The van der Waals surface area contributed by atoms with Crippen molar-refractivity contribution in [2.24, 2.45) is 5.92 Å². The molecule has 0 amide bonds. The average Bonchev–Trinajstić information content (AvgIpc) is 3.34. The van der Waals surface area contributed by atoms with Gasteiger partial charge in [0.2, 0.25) is 0 Å². The van der Waals surface area contributed by atoms with Crippen molar-refractivity contribution in [1.82, 2.24) is 0 Å². The largest absolute Gasteiger partial charge is 1.00 e. The maximum atomic E-state index is 11.9. The lowest BCUT2D eigenvalue weighted by atomic mass is 9.66. The summed E-state index contributed by atoms with van der Waals surface area (Å²) >= 11 is 6.01. The fourth-order valence-corrected chi connectivity index (χ4v) is 7.24. The van der Waals surface area contributed by atoms with Crippen LogP contribution in [-0.2, 0) is 26.1 Å². The number of allylic oxidation sites excluding steroid dienone is 1. The third-order valence-corrected chi connectivity index (χ3v) is 8.66. The van der Waals surface area contributed by atoms with E-state index in [0.717, 1.165) is 17.2 Å². The molecule has 3 rings (SSSR count). The summed E-state index contributed by atoms with van der Waals surface area (Å²) in [6.07, 6.45) is 5.33. The molecule has 0 spiro atoms. The Morgan fingerprint density at radius 3 is 2.55 bits per heavy atom. The van der Waals surface area contributed by atoms with Crippen LogP contribution in [0.15, 0.2) is 35.9 Å². The van der Waals surface area contributed by atoms with Crippen LogP contribution in [0.1, 0.15) is 45.6 Å². The fourth-order valence-electron chi connectivity index (χ4n) is 5.07. The zero-order valence-corrected chi connectivity index (χ0v) is 22.3. The standard InChI is InChI=1S/C24H36ClO4S.BrH/c1-16(2)6-11-20-23(3,29-20)22-21(28-4)19(26)12-13-24(22,27)15-30(5)14-17-7-9-18(25)10-8-17;/h6-10,19-22,26-27H,11-15H2,1-5H3;1H/q+1;/p-1/t19-,20-,21-,22-,23+,24+,30?;/m1./s1. The number of rotatable bonds is 8. The van der Waals surface area contributed by atoms with Crippen LogP contribution < -0.4 is 17.0 Å². The van der Waals surface area contributed by atoms with Crippen molar-refractivity contribution in [1.29, 1.82) is 0 Å². The van der Waals surface area contributed by atoms with E-state index in [1.807, 2.05) is 12.1 Å². The van der Waals surface area contributed by atoms with E-state index in [2.05, 4.69) is 45.2 Å². The molecule has 1 unspecified atom stereocenters. The van der Waals surface area contributed by atoms with Gasteiger partial charge in [-0.15, -0.1) is 0 Å². The van der Waals surface area contributed by atoms with E-state index < -0.39 is 23.4 Å². The molecule has 4 nitrogen and oxygen atoms in total. The van der Waals surface area contributed by atoms with Gasteiger partial charge in [0.25, 0.3) is 0 Å². The minimum Gasteiger partial charge on any atom is -1.00 e. The van der Waals surface area contributed by atoms with Crippen molar-refractivity contribution in [3.8, 4) is 0 Å². The molecular weight excluding hydrogens is 500 g/mol. The summed E-state index contributed by atoms with van der Waals surface area (Å²) in [5.74, 6) is 1.29. The summed E-state index contributed by atoms with van der Waals surface area (Å²) < 4.78 is 11.9. The van der Waals surface area contributed by atoms with Crippen molar-refractivity contribution >= 4 is 22.5 Å². The lowest BCUT2D eigenvalue weighted by Gasteiger charge is -2.47. The quantitative estimate of drug-likeness (QED) is 0.298. The van der Waals surface area contributed by atoms with Gasteiger partial charge in [0, 0.05) is 17.7 Å². The molecule has 7 heteroatoms. The van der Waals surface area contributed by atoms with E-state index in [-0.39, 0.29) is 39.9 Å². The Kier molecular flexibility index (Phi) is 9.55. The minimum atomic E-state index is -0.932. The van der Waals surface area contributed by atoms with E-state index in [1.165, 1.54) is 11.1 Å². The number of methoxy groups -OCH3 is 1. The first kappa shape index (κ1) is 27.2. The van der Waals surface area contributed by atoms with Crippen LogP contribution in [0.25, 0.3) is 0 Å². The van der Waals surface area contributed by atoms with Crippen LogP contribution >= 0.6 is 11.6 Å². The Morgan fingerprint density at radius 2 is 1.97 bits per heavy atom. The molecule has 2 fully saturated rings. The van der Waals surface area contributed by atoms with Crippen LogP contribution in [0, 0.1) is 5.92 Å². The lowest BCUT2D eigenvalue weighted by Crippen LogP contribution is -3.00. The second-order valence-electron chi connectivity index (χ2n) is 9.39. The molecule has 31 heavy (non-hydrogen) atoms. The van der Waals surface area contributed by atoms with E-state index in [9.17, 15) is 10.2 Å². The Bertz CT molecular complexity index is 756. The third-order valence-electron chi connectivity index (χ3n) is 6.59. The topological polar surface area (TPSA) is 62.2 Å². The maximum absolute atomic E-state index is 11.9. The van der Waals surface area contributed by atoms with Crippen LogP contribution in [0.3, 0.4) is 0 Å². The van der Waals surface area contributed by atoms with Crippen molar-refractivity contribution in [3.63, 3.8) is 0 Å². The first-order chi connectivity index (χ1) is 14.1. The summed E-state index contributed by atoms with van der Waals surface area (Å²) in [5.41, 5.74) is 1.05. The number of epoxide rings is 1. The number of aliphatic hydroxyl groups is 2. The van der Waals surface area contributed by atoms with Gasteiger partial charge in [-0.2, -0.15) is 0 Å². The summed E-state index contributed by atoms with van der Waals surface area (Å²) in [6, 6.07) is 7.93. The molecular formula is C24H36BrClO4S.